The summed E-state index contributed by atoms with van der Waals surface area (Å²) in [5, 5.41) is 0. The first-order valence-electron chi connectivity index (χ1n) is 23.1. The first kappa shape index (κ1) is 38.3. The standard InChI is InChI=1S/C64H45NO/c1-5-22-44(23-6-1)52-42-45-40-41-49(43-58(45)63(46-24-7-2-8-25-46,47-26-9-3-10-27-47)53-32-15-13-30-50(52)53)65(48-28-11-4-12-29-48)59-37-21-36-57-62(59)51-31-14-16-33-54(51)64(57)55-34-17-19-38-60(55)66-61-39-20-18-35-56(61)64/h1-41,43,52H,42H2. The third-order valence-electron chi connectivity index (χ3n) is 14.6. The fraction of sp³-hybridized carbons (Fsp3) is 0.0625. The van der Waals surface area contributed by atoms with Crippen molar-refractivity contribution in [2.45, 2.75) is 23.2 Å². The van der Waals surface area contributed by atoms with Crippen LogP contribution in [0.4, 0.5) is 17.1 Å². The summed E-state index contributed by atoms with van der Waals surface area (Å²) in [5.41, 5.74) is 18.5. The monoisotopic (exact) mass is 843 g/mol. The average Bonchev–Trinajstić information content (AvgIpc) is 3.61. The van der Waals surface area contributed by atoms with E-state index in [1.54, 1.807) is 0 Å². The van der Waals surface area contributed by atoms with Gasteiger partial charge in [0.1, 0.15) is 11.5 Å². The van der Waals surface area contributed by atoms with E-state index < -0.39 is 10.8 Å². The maximum atomic E-state index is 6.72. The predicted molar refractivity (Wildman–Crippen MR) is 269 cm³/mol. The molecule has 0 aromatic heterocycles. The van der Waals surface area contributed by atoms with Gasteiger partial charge in [-0.05, 0) is 105 Å². The molecule has 0 bridgehead atoms. The van der Waals surface area contributed by atoms with Gasteiger partial charge in [-0.2, -0.15) is 0 Å². The van der Waals surface area contributed by atoms with E-state index in [-0.39, 0.29) is 5.92 Å². The lowest BCUT2D eigenvalue weighted by Gasteiger charge is -2.40. The van der Waals surface area contributed by atoms with Gasteiger partial charge in [0.05, 0.1) is 16.5 Å². The first-order chi connectivity index (χ1) is 32.8. The van der Waals surface area contributed by atoms with Crippen molar-refractivity contribution in [1.82, 2.24) is 0 Å². The molecular weight excluding hydrogens is 799 g/mol. The van der Waals surface area contributed by atoms with E-state index in [0.717, 1.165) is 46.1 Å². The van der Waals surface area contributed by atoms with Crippen LogP contribution in [0.5, 0.6) is 11.5 Å². The smallest absolute Gasteiger partial charge is 0.132 e. The molecule has 0 amide bonds. The second kappa shape index (κ2) is 15.2. The first-order valence-corrected chi connectivity index (χ1v) is 23.1. The Balaban J connectivity index is 1.12. The van der Waals surface area contributed by atoms with Crippen molar-refractivity contribution < 1.29 is 4.74 Å². The lowest BCUT2D eigenvalue weighted by atomic mass is 9.63. The highest BCUT2D eigenvalue weighted by molar-refractivity contribution is 5.98. The molecule has 0 radical (unpaired) electrons. The molecule has 0 fully saturated rings. The molecule has 1 atom stereocenters. The Morgan fingerprint density at radius 1 is 0.379 bits per heavy atom. The Hall–Kier alpha value is -8.20. The lowest BCUT2D eigenvalue weighted by Crippen LogP contribution is -2.32. The number of rotatable bonds is 6. The minimum Gasteiger partial charge on any atom is -0.457 e. The maximum Gasteiger partial charge on any atom is 0.132 e. The summed E-state index contributed by atoms with van der Waals surface area (Å²) in [6.07, 6.45) is 0.862. The highest BCUT2D eigenvalue weighted by Crippen LogP contribution is 2.64. The molecule has 0 saturated carbocycles. The third kappa shape index (κ3) is 5.48. The molecule has 1 unspecified atom stereocenters. The van der Waals surface area contributed by atoms with Gasteiger partial charge in [0.25, 0.3) is 0 Å². The predicted octanol–water partition coefficient (Wildman–Crippen LogP) is 15.7. The van der Waals surface area contributed by atoms with E-state index in [0.29, 0.717) is 0 Å². The Morgan fingerprint density at radius 3 is 1.58 bits per heavy atom. The molecular formula is C64H45NO. The number of hydrogen-bond acceptors (Lipinski definition) is 2. The van der Waals surface area contributed by atoms with Gasteiger partial charge in [0, 0.05) is 34.0 Å². The van der Waals surface area contributed by atoms with Crippen molar-refractivity contribution in [3.05, 3.63) is 316 Å². The number of para-hydroxylation sites is 3. The van der Waals surface area contributed by atoms with Crippen LogP contribution in [0.2, 0.25) is 0 Å². The summed E-state index contributed by atoms with van der Waals surface area (Å²) in [5.74, 6) is 1.94. The molecule has 1 spiro atoms. The number of nitrogens with zero attached hydrogens (tertiary/aromatic N) is 1. The molecule has 3 aliphatic rings. The van der Waals surface area contributed by atoms with Crippen molar-refractivity contribution in [1.29, 1.82) is 0 Å². The van der Waals surface area contributed by atoms with Crippen LogP contribution in [0.1, 0.15) is 67.1 Å². The van der Waals surface area contributed by atoms with Crippen LogP contribution >= 0.6 is 0 Å². The third-order valence-corrected chi connectivity index (χ3v) is 14.6. The lowest BCUT2D eigenvalue weighted by molar-refractivity contribution is 0.436. The second-order valence-electron chi connectivity index (χ2n) is 17.8. The molecule has 2 nitrogen and oxygen atoms in total. The van der Waals surface area contributed by atoms with Crippen molar-refractivity contribution >= 4 is 17.1 Å². The van der Waals surface area contributed by atoms with Gasteiger partial charge in [-0.3, -0.25) is 0 Å². The number of anilines is 3. The van der Waals surface area contributed by atoms with Gasteiger partial charge < -0.3 is 9.64 Å². The van der Waals surface area contributed by atoms with Gasteiger partial charge >= 0.3 is 0 Å². The van der Waals surface area contributed by atoms with Gasteiger partial charge in [-0.15, -0.1) is 0 Å². The van der Waals surface area contributed by atoms with Gasteiger partial charge in [0.15, 0.2) is 0 Å². The summed E-state index contributed by atoms with van der Waals surface area (Å²) < 4.78 is 6.72. The number of fused-ring (bicyclic) bond motifs is 11. The van der Waals surface area contributed by atoms with Gasteiger partial charge in [-0.25, -0.2) is 0 Å². The highest BCUT2D eigenvalue weighted by Gasteiger charge is 2.52. The van der Waals surface area contributed by atoms with Crippen molar-refractivity contribution in [2.75, 3.05) is 4.90 Å². The second-order valence-corrected chi connectivity index (χ2v) is 17.8. The molecule has 66 heavy (non-hydrogen) atoms. The normalized spacial score (nSPS) is 15.4. The summed E-state index contributed by atoms with van der Waals surface area (Å²) in [7, 11) is 0. The summed E-state index contributed by atoms with van der Waals surface area (Å²) in [6, 6.07) is 94.3. The summed E-state index contributed by atoms with van der Waals surface area (Å²) >= 11 is 0. The van der Waals surface area contributed by atoms with E-state index >= 15 is 0 Å². The zero-order valence-electron chi connectivity index (χ0n) is 36.4. The topological polar surface area (TPSA) is 12.5 Å². The number of ether oxygens (including phenoxy) is 1. The van der Waals surface area contributed by atoms with Crippen LogP contribution in [0.15, 0.2) is 255 Å². The van der Waals surface area contributed by atoms with Crippen LogP contribution in [-0.2, 0) is 17.3 Å². The van der Waals surface area contributed by atoms with Crippen LogP contribution in [0, 0.1) is 0 Å². The molecule has 13 rings (SSSR count). The molecule has 10 aromatic carbocycles. The largest absolute Gasteiger partial charge is 0.457 e. The molecule has 312 valence electrons. The zero-order valence-corrected chi connectivity index (χ0v) is 36.4. The molecule has 0 saturated heterocycles. The zero-order chi connectivity index (χ0) is 43.7. The number of hydrogen-bond donors (Lipinski definition) is 0. The van der Waals surface area contributed by atoms with Crippen LogP contribution in [0.25, 0.3) is 11.1 Å². The van der Waals surface area contributed by atoms with E-state index in [4.69, 9.17) is 4.74 Å². The molecule has 2 heteroatoms. The molecule has 1 aliphatic heterocycles. The SMILES string of the molecule is c1ccc(C2Cc3ccc(N(c4ccccc4)c4cccc5c4-c4ccccc4C54c5ccccc5Oc5ccccc54)cc3C(c3ccccc3)(c3ccccc3)c3ccccc32)cc1. The van der Waals surface area contributed by atoms with Crippen molar-refractivity contribution in [2.24, 2.45) is 0 Å². The summed E-state index contributed by atoms with van der Waals surface area (Å²) in [6.45, 7) is 0. The van der Waals surface area contributed by atoms with Gasteiger partial charge in [-0.1, -0.05) is 212 Å². The molecule has 1 heterocycles. The summed E-state index contributed by atoms with van der Waals surface area (Å²) in [4.78, 5) is 2.51. The molecule has 2 aliphatic carbocycles. The quantitative estimate of drug-likeness (QED) is 0.165. The van der Waals surface area contributed by atoms with Crippen molar-refractivity contribution in [3.8, 4) is 22.6 Å². The van der Waals surface area contributed by atoms with Crippen LogP contribution in [-0.4, -0.2) is 0 Å². The maximum absolute atomic E-state index is 6.72. The minimum atomic E-state index is -0.638. The minimum absolute atomic E-state index is 0.154. The Morgan fingerprint density at radius 2 is 0.909 bits per heavy atom. The molecule has 0 N–H and O–H groups in total. The van der Waals surface area contributed by atoms with E-state index in [2.05, 4.69) is 260 Å². The van der Waals surface area contributed by atoms with Crippen LogP contribution in [0.3, 0.4) is 0 Å². The van der Waals surface area contributed by atoms with E-state index in [1.165, 1.54) is 61.2 Å². The van der Waals surface area contributed by atoms with Crippen LogP contribution < -0.4 is 9.64 Å². The molecule has 10 aromatic rings. The fourth-order valence-electron chi connectivity index (χ4n) is 12.1. The highest BCUT2D eigenvalue weighted by atomic mass is 16.5. The van der Waals surface area contributed by atoms with Crippen molar-refractivity contribution in [3.63, 3.8) is 0 Å². The fourth-order valence-corrected chi connectivity index (χ4v) is 12.1. The Kier molecular flexibility index (Phi) is 8.83. The Bertz CT molecular complexity index is 3350. The number of benzene rings is 10. The average molecular weight is 844 g/mol. The van der Waals surface area contributed by atoms with E-state index in [1.807, 2.05) is 0 Å². The van der Waals surface area contributed by atoms with E-state index in [9.17, 15) is 0 Å². The van der Waals surface area contributed by atoms with Gasteiger partial charge in [0.2, 0.25) is 0 Å². The Labute approximate surface area is 386 Å².